The van der Waals surface area contributed by atoms with Gasteiger partial charge in [-0.25, -0.2) is 9.69 Å². The van der Waals surface area contributed by atoms with E-state index in [1.807, 2.05) is 32.2 Å². The van der Waals surface area contributed by atoms with Crippen molar-refractivity contribution in [2.24, 2.45) is 0 Å². The second kappa shape index (κ2) is 8.82. The summed E-state index contributed by atoms with van der Waals surface area (Å²) < 4.78 is 11.0. The number of urea groups is 1. The predicted octanol–water partition coefficient (Wildman–Crippen LogP) is 1.71. The molecule has 0 aromatic heterocycles. The Morgan fingerprint density at radius 1 is 1.14 bits per heavy atom. The van der Waals surface area contributed by atoms with E-state index < -0.39 is 5.54 Å². The molecule has 1 aromatic carbocycles. The van der Waals surface area contributed by atoms with Crippen molar-refractivity contribution in [1.82, 2.24) is 10.2 Å². The molecule has 1 aliphatic heterocycles. The molecule has 1 heterocycles. The van der Waals surface area contributed by atoms with Gasteiger partial charge in [-0.15, -0.1) is 0 Å². The van der Waals surface area contributed by atoms with Crippen LogP contribution in [0.1, 0.15) is 51.0 Å². The Morgan fingerprint density at radius 2 is 1.86 bits per heavy atom. The summed E-state index contributed by atoms with van der Waals surface area (Å²) in [4.78, 5) is 28.0. The van der Waals surface area contributed by atoms with Crippen LogP contribution < -0.4 is 19.7 Å². The third-order valence-electron chi connectivity index (χ3n) is 5.66. The van der Waals surface area contributed by atoms with Crippen LogP contribution in [-0.4, -0.2) is 49.8 Å². The maximum absolute atomic E-state index is 13.0. The van der Waals surface area contributed by atoms with Crippen LogP contribution >= 0.6 is 0 Å². The molecule has 1 atom stereocenters. The average Bonchev–Trinajstić information content (AvgIpc) is 2.84. The van der Waals surface area contributed by atoms with Gasteiger partial charge in [0.25, 0.3) is 5.91 Å². The standard InChI is InChI=1S/C21H31N3O4/c1-4-28-17-10-9-16(13-18(17)27-3)14-23(2)15-24-19(25)21(22-20(24)26)11-7-5-6-8-12-21/h9-10,13H,4-8,11-12,14-15H2,1-3H3,(H,22,26)/p+1. The molecule has 154 valence electrons. The molecule has 1 saturated heterocycles. The van der Waals surface area contributed by atoms with Gasteiger partial charge in [-0.05, 0) is 38.0 Å². The zero-order valence-electron chi connectivity index (χ0n) is 17.2. The Labute approximate surface area is 167 Å². The summed E-state index contributed by atoms with van der Waals surface area (Å²) in [5.41, 5.74) is 0.394. The highest BCUT2D eigenvalue weighted by Gasteiger charge is 2.51. The Hall–Kier alpha value is -2.28. The summed E-state index contributed by atoms with van der Waals surface area (Å²) in [6.45, 7) is 3.54. The predicted molar refractivity (Wildman–Crippen MR) is 105 cm³/mol. The van der Waals surface area contributed by atoms with E-state index in [-0.39, 0.29) is 11.9 Å². The van der Waals surface area contributed by atoms with Crippen molar-refractivity contribution in [3.05, 3.63) is 23.8 Å². The molecule has 28 heavy (non-hydrogen) atoms. The van der Waals surface area contributed by atoms with Crippen molar-refractivity contribution in [1.29, 1.82) is 0 Å². The lowest BCUT2D eigenvalue weighted by molar-refractivity contribution is -0.901. The number of benzene rings is 1. The van der Waals surface area contributed by atoms with E-state index in [2.05, 4.69) is 5.32 Å². The van der Waals surface area contributed by atoms with Crippen LogP contribution in [0.25, 0.3) is 0 Å². The number of imide groups is 1. The fraction of sp³-hybridized carbons (Fsp3) is 0.619. The molecule has 7 nitrogen and oxygen atoms in total. The SMILES string of the molecule is CCOc1ccc(C[NH+](C)CN2C(=O)NC3(CCCCCC3)C2=O)cc1OC. The highest BCUT2D eigenvalue weighted by Crippen LogP contribution is 2.32. The molecule has 3 amide bonds. The van der Waals surface area contributed by atoms with E-state index in [0.29, 0.717) is 25.6 Å². The van der Waals surface area contributed by atoms with Gasteiger partial charge >= 0.3 is 6.03 Å². The molecule has 1 aliphatic carbocycles. The summed E-state index contributed by atoms with van der Waals surface area (Å²) in [5, 5.41) is 3.01. The summed E-state index contributed by atoms with van der Waals surface area (Å²) in [7, 11) is 3.61. The zero-order valence-corrected chi connectivity index (χ0v) is 17.2. The van der Waals surface area contributed by atoms with Gasteiger partial charge in [-0.3, -0.25) is 4.79 Å². The van der Waals surface area contributed by atoms with E-state index in [4.69, 9.17) is 9.47 Å². The summed E-state index contributed by atoms with van der Waals surface area (Å²) >= 11 is 0. The Morgan fingerprint density at radius 3 is 2.50 bits per heavy atom. The first kappa shape index (κ1) is 20.5. The van der Waals surface area contributed by atoms with E-state index in [0.717, 1.165) is 54.7 Å². The number of carbonyl (C=O) groups excluding carboxylic acids is 2. The minimum absolute atomic E-state index is 0.0528. The van der Waals surface area contributed by atoms with Gasteiger partial charge in [-0.1, -0.05) is 25.7 Å². The minimum Gasteiger partial charge on any atom is -0.493 e. The average molecular weight is 391 g/mol. The number of nitrogens with one attached hydrogen (secondary N) is 2. The van der Waals surface area contributed by atoms with Crippen molar-refractivity contribution in [3.63, 3.8) is 0 Å². The molecule has 1 spiro atoms. The third-order valence-corrected chi connectivity index (χ3v) is 5.66. The van der Waals surface area contributed by atoms with Crippen LogP contribution in [0.4, 0.5) is 4.79 Å². The van der Waals surface area contributed by atoms with Crippen LogP contribution in [0.15, 0.2) is 18.2 Å². The summed E-state index contributed by atoms with van der Waals surface area (Å²) in [6, 6.07) is 5.60. The lowest BCUT2D eigenvalue weighted by Crippen LogP contribution is -3.09. The number of methoxy groups -OCH3 is 1. The molecular formula is C21H32N3O4+. The van der Waals surface area contributed by atoms with Crippen LogP contribution in [0, 0.1) is 0 Å². The minimum atomic E-state index is -0.670. The van der Waals surface area contributed by atoms with Crippen LogP contribution in [0.3, 0.4) is 0 Å². The lowest BCUT2D eigenvalue weighted by atomic mass is 9.90. The van der Waals surface area contributed by atoms with Gasteiger partial charge in [0, 0.05) is 5.56 Å². The summed E-state index contributed by atoms with van der Waals surface area (Å²) in [5.74, 6) is 1.36. The number of rotatable bonds is 7. The normalized spacial score (nSPS) is 20.0. The molecule has 1 aromatic rings. The molecular weight excluding hydrogens is 358 g/mol. The Balaban J connectivity index is 1.65. The fourth-order valence-electron chi connectivity index (χ4n) is 4.26. The van der Waals surface area contributed by atoms with Gasteiger partial charge in [0.2, 0.25) is 0 Å². The van der Waals surface area contributed by atoms with Crippen molar-refractivity contribution < 1.29 is 24.0 Å². The number of hydrogen-bond acceptors (Lipinski definition) is 4. The van der Waals surface area contributed by atoms with Gasteiger partial charge in [0.15, 0.2) is 18.2 Å². The number of carbonyl (C=O) groups is 2. The van der Waals surface area contributed by atoms with Crippen molar-refractivity contribution >= 4 is 11.9 Å². The molecule has 0 bridgehead atoms. The van der Waals surface area contributed by atoms with E-state index in [1.165, 1.54) is 4.90 Å². The maximum Gasteiger partial charge on any atom is 0.329 e. The van der Waals surface area contributed by atoms with Gasteiger partial charge in [0.05, 0.1) is 20.8 Å². The van der Waals surface area contributed by atoms with Crippen molar-refractivity contribution in [2.75, 3.05) is 27.4 Å². The van der Waals surface area contributed by atoms with E-state index >= 15 is 0 Å². The molecule has 2 fully saturated rings. The van der Waals surface area contributed by atoms with Crippen molar-refractivity contribution in [2.45, 2.75) is 57.5 Å². The highest BCUT2D eigenvalue weighted by atomic mass is 16.5. The maximum atomic E-state index is 13.0. The molecule has 0 radical (unpaired) electrons. The Kier molecular flexibility index (Phi) is 6.44. The number of hydrogen-bond donors (Lipinski definition) is 2. The zero-order chi connectivity index (χ0) is 20.1. The smallest absolute Gasteiger partial charge is 0.329 e. The fourth-order valence-corrected chi connectivity index (χ4v) is 4.26. The van der Waals surface area contributed by atoms with Crippen LogP contribution in [-0.2, 0) is 11.3 Å². The number of amides is 3. The molecule has 2 aliphatic rings. The van der Waals surface area contributed by atoms with Crippen molar-refractivity contribution in [3.8, 4) is 11.5 Å². The first-order valence-electron chi connectivity index (χ1n) is 10.2. The quantitative estimate of drug-likeness (QED) is 0.696. The number of quaternary nitrogens is 1. The third kappa shape index (κ3) is 4.24. The molecule has 7 heteroatoms. The molecule has 1 saturated carbocycles. The largest absolute Gasteiger partial charge is 0.493 e. The summed E-state index contributed by atoms with van der Waals surface area (Å²) in [6.07, 6.45) is 5.76. The first-order valence-corrected chi connectivity index (χ1v) is 10.2. The van der Waals surface area contributed by atoms with Gasteiger partial charge in [0.1, 0.15) is 12.1 Å². The van der Waals surface area contributed by atoms with E-state index in [9.17, 15) is 9.59 Å². The van der Waals surface area contributed by atoms with Gasteiger partial charge in [-0.2, -0.15) is 0 Å². The monoisotopic (exact) mass is 390 g/mol. The van der Waals surface area contributed by atoms with E-state index in [1.54, 1.807) is 7.11 Å². The van der Waals surface area contributed by atoms with Gasteiger partial charge < -0.3 is 19.7 Å². The van der Waals surface area contributed by atoms with Crippen LogP contribution in [0.5, 0.6) is 11.5 Å². The Bertz CT molecular complexity index is 714. The number of ether oxygens (including phenoxy) is 2. The molecule has 3 rings (SSSR count). The second-order valence-corrected chi connectivity index (χ2v) is 7.87. The van der Waals surface area contributed by atoms with Crippen LogP contribution in [0.2, 0.25) is 0 Å². The molecule has 1 unspecified atom stereocenters. The first-order chi connectivity index (χ1) is 13.5. The second-order valence-electron chi connectivity index (χ2n) is 7.87. The highest BCUT2D eigenvalue weighted by molar-refractivity contribution is 6.06. The lowest BCUT2D eigenvalue weighted by Gasteiger charge is -2.25. The molecule has 2 N–H and O–H groups in total. The topological polar surface area (TPSA) is 72.3 Å². The number of nitrogens with zero attached hydrogens (tertiary/aromatic N) is 1.